The van der Waals surface area contributed by atoms with Crippen LogP contribution >= 0.6 is 11.6 Å². The van der Waals surface area contributed by atoms with Crippen LogP contribution in [0.15, 0.2) is 24.3 Å². The third-order valence-electron chi connectivity index (χ3n) is 8.61. The molecule has 1 aromatic carbocycles. The lowest BCUT2D eigenvalue weighted by molar-refractivity contribution is -0.117. The summed E-state index contributed by atoms with van der Waals surface area (Å²) in [6, 6.07) is 8.17. The fraction of sp³-hybridized carbons (Fsp3) is 0.774. The van der Waals surface area contributed by atoms with E-state index in [1.165, 1.54) is 32.1 Å². The Kier molecular flexibility index (Phi) is 14.4. The molecule has 1 saturated heterocycles. The van der Waals surface area contributed by atoms with Crippen molar-refractivity contribution in [2.24, 2.45) is 11.8 Å². The maximum Gasteiger partial charge on any atom is 0.317 e. The van der Waals surface area contributed by atoms with Crippen molar-refractivity contribution < 1.29 is 19.4 Å². The second-order valence-corrected chi connectivity index (χ2v) is 11.9. The molecule has 3 N–H and O–H groups in total. The van der Waals surface area contributed by atoms with Crippen LogP contribution in [0, 0.1) is 11.8 Å². The predicted molar refractivity (Wildman–Crippen MR) is 158 cm³/mol. The normalized spacial score (nSPS) is 20.9. The highest BCUT2D eigenvalue weighted by atomic mass is 35.5. The van der Waals surface area contributed by atoms with Crippen LogP contribution in [0.4, 0.5) is 4.79 Å². The number of methoxy groups -OCH3 is 1. The van der Waals surface area contributed by atoms with Gasteiger partial charge in [-0.2, -0.15) is 0 Å². The average Bonchev–Trinajstić information content (AvgIpc) is 2.95. The Bertz CT molecular complexity index is 838. The number of rotatable bonds is 16. The maximum atomic E-state index is 13.6. The van der Waals surface area contributed by atoms with Gasteiger partial charge in [0.15, 0.2) is 0 Å². The Morgan fingerprint density at radius 2 is 1.97 bits per heavy atom. The van der Waals surface area contributed by atoms with Gasteiger partial charge < -0.3 is 30.1 Å². The number of aliphatic hydroxyl groups excluding tert-OH is 1. The number of carbonyl (C=O) groups excluding carboxylic acids is 1. The summed E-state index contributed by atoms with van der Waals surface area (Å²) in [6.07, 6.45) is 12.7. The highest BCUT2D eigenvalue weighted by molar-refractivity contribution is 6.30. The molecule has 2 amide bonds. The first kappa shape index (κ1) is 32.1. The highest BCUT2D eigenvalue weighted by Crippen LogP contribution is 2.44. The topological polar surface area (TPSA) is 83.1 Å². The molecule has 1 heterocycles. The van der Waals surface area contributed by atoms with Gasteiger partial charge in [-0.15, -0.1) is 0 Å². The van der Waals surface area contributed by atoms with Gasteiger partial charge in [0, 0.05) is 63.5 Å². The van der Waals surface area contributed by atoms with E-state index >= 15 is 0 Å². The Labute approximate surface area is 241 Å². The number of carbonyl (C=O) groups is 1. The second kappa shape index (κ2) is 17.4. The van der Waals surface area contributed by atoms with Crippen molar-refractivity contribution in [3.8, 4) is 0 Å². The molecule has 8 heteroatoms. The first-order valence-electron chi connectivity index (χ1n) is 15.2. The number of hydrogen-bond donors (Lipinski definition) is 3. The molecule has 1 unspecified atom stereocenters. The van der Waals surface area contributed by atoms with Gasteiger partial charge in [-0.3, -0.25) is 0 Å². The van der Waals surface area contributed by atoms with E-state index in [2.05, 4.69) is 16.7 Å². The molecule has 3 atom stereocenters. The van der Waals surface area contributed by atoms with E-state index in [1.54, 1.807) is 7.11 Å². The van der Waals surface area contributed by atoms with Crippen LogP contribution in [-0.2, 0) is 15.1 Å². The summed E-state index contributed by atoms with van der Waals surface area (Å²) in [7, 11) is 3.69. The third-order valence-corrected chi connectivity index (χ3v) is 8.85. The smallest absolute Gasteiger partial charge is 0.317 e. The van der Waals surface area contributed by atoms with Crippen molar-refractivity contribution in [3.05, 3.63) is 34.9 Å². The Morgan fingerprint density at radius 1 is 1.15 bits per heavy atom. The summed E-state index contributed by atoms with van der Waals surface area (Å²) in [5.74, 6) is 0.826. The Hall–Kier alpha value is -1.38. The lowest BCUT2D eigenvalue weighted by Crippen LogP contribution is -2.54. The van der Waals surface area contributed by atoms with Crippen LogP contribution in [-0.4, -0.2) is 75.7 Å². The van der Waals surface area contributed by atoms with Crippen molar-refractivity contribution in [1.29, 1.82) is 0 Å². The SMILES string of the molecule is CNCC(CC1CCCCC1)NC(=O)N1CCC[C@@H]([C@](CCCCOC)(OCCCO)c2cccc(Cl)c2)C1. The van der Waals surface area contributed by atoms with Gasteiger partial charge >= 0.3 is 6.03 Å². The van der Waals surface area contributed by atoms with E-state index in [-0.39, 0.29) is 24.6 Å². The van der Waals surface area contributed by atoms with E-state index in [9.17, 15) is 9.90 Å². The quantitative estimate of drug-likeness (QED) is 0.223. The standard InChI is InChI=1S/C31H52ClN3O4/c1-33-23-29(21-25-11-4-3-5-12-25)34-30(37)35-17-9-14-27(24-35)31(39-20-10-18-36,16-6-7-19-38-2)26-13-8-15-28(32)22-26/h8,13,15,22,25,27,29,33,36H,3-7,9-12,14,16-21,23-24H2,1-2H3,(H,34,37)/t27-,29?,31-/m1/s1. The van der Waals surface area contributed by atoms with E-state index in [0.717, 1.165) is 57.2 Å². The molecule has 1 aliphatic heterocycles. The minimum atomic E-state index is -0.584. The van der Waals surface area contributed by atoms with Gasteiger partial charge in [0.1, 0.15) is 0 Å². The van der Waals surface area contributed by atoms with Gasteiger partial charge in [-0.25, -0.2) is 4.79 Å². The van der Waals surface area contributed by atoms with Gasteiger partial charge in [0.2, 0.25) is 0 Å². The predicted octanol–water partition coefficient (Wildman–Crippen LogP) is 5.73. The Balaban J connectivity index is 1.78. The number of aliphatic hydroxyl groups is 1. The highest BCUT2D eigenvalue weighted by Gasteiger charge is 2.44. The number of ether oxygens (including phenoxy) is 2. The molecule has 0 radical (unpaired) electrons. The zero-order valence-electron chi connectivity index (χ0n) is 24.3. The molecule has 2 fully saturated rings. The molecular formula is C31H52ClN3O4. The summed E-state index contributed by atoms with van der Waals surface area (Å²) >= 11 is 6.48. The summed E-state index contributed by atoms with van der Waals surface area (Å²) in [5.41, 5.74) is 0.474. The number of halogens is 1. The number of benzene rings is 1. The van der Waals surface area contributed by atoms with Crippen molar-refractivity contribution in [3.63, 3.8) is 0 Å². The molecule has 2 aliphatic rings. The van der Waals surface area contributed by atoms with Crippen molar-refractivity contribution in [2.45, 2.75) is 88.7 Å². The molecule has 0 bridgehead atoms. The molecule has 3 rings (SSSR count). The van der Waals surface area contributed by atoms with Gasteiger partial charge in [-0.1, -0.05) is 55.8 Å². The van der Waals surface area contributed by atoms with Crippen LogP contribution in [0.3, 0.4) is 0 Å². The summed E-state index contributed by atoms with van der Waals surface area (Å²) in [6.45, 7) is 3.43. The van der Waals surface area contributed by atoms with E-state index in [1.807, 2.05) is 30.1 Å². The molecular weight excluding hydrogens is 514 g/mol. The van der Waals surface area contributed by atoms with Crippen molar-refractivity contribution in [1.82, 2.24) is 15.5 Å². The molecule has 39 heavy (non-hydrogen) atoms. The fourth-order valence-corrected chi connectivity index (χ4v) is 6.83. The van der Waals surface area contributed by atoms with Gasteiger partial charge in [-0.05, 0) is 75.6 Å². The largest absolute Gasteiger partial charge is 0.396 e. The van der Waals surface area contributed by atoms with Crippen LogP contribution in [0.5, 0.6) is 0 Å². The van der Waals surface area contributed by atoms with Crippen LogP contribution in [0.1, 0.15) is 82.6 Å². The number of nitrogens with one attached hydrogen (secondary N) is 2. The summed E-state index contributed by atoms with van der Waals surface area (Å²) < 4.78 is 12.1. The summed E-state index contributed by atoms with van der Waals surface area (Å²) in [4.78, 5) is 15.6. The van der Waals surface area contributed by atoms with E-state index in [4.69, 9.17) is 21.1 Å². The molecule has 0 spiro atoms. The van der Waals surface area contributed by atoms with Gasteiger partial charge in [0.05, 0.1) is 5.60 Å². The minimum Gasteiger partial charge on any atom is -0.396 e. The average molecular weight is 566 g/mol. The zero-order chi connectivity index (χ0) is 27.9. The minimum absolute atomic E-state index is 0.0329. The number of amides is 2. The molecule has 222 valence electrons. The number of likely N-dealkylation sites (tertiary alicyclic amines) is 1. The first-order chi connectivity index (χ1) is 19.0. The molecule has 0 aromatic heterocycles. The zero-order valence-corrected chi connectivity index (χ0v) is 25.0. The van der Waals surface area contributed by atoms with Crippen molar-refractivity contribution in [2.75, 3.05) is 53.6 Å². The lowest BCUT2D eigenvalue weighted by Gasteiger charge is -2.46. The fourth-order valence-electron chi connectivity index (χ4n) is 6.64. The van der Waals surface area contributed by atoms with Crippen molar-refractivity contribution >= 4 is 17.6 Å². The second-order valence-electron chi connectivity index (χ2n) is 11.5. The van der Waals surface area contributed by atoms with Gasteiger partial charge in [0.25, 0.3) is 0 Å². The number of likely N-dealkylation sites (N-methyl/N-ethyl adjacent to an activating group) is 1. The number of hydrogen-bond acceptors (Lipinski definition) is 5. The number of unbranched alkanes of at least 4 members (excludes halogenated alkanes) is 1. The molecule has 1 aromatic rings. The first-order valence-corrected chi connectivity index (χ1v) is 15.6. The number of nitrogens with zero attached hydrogens (tertiary/aromatic N) is 1. The van der Waals surface area contributed by atoms with E-state index < -0.39 is 5.60 Å². The number of urea groups is 1. The Morgan fingerprint density at radius 3 is 2.69 bits per heavy atom. The van der Waals surface area contributed by atoms with E-state index in [0.29, 0.717) is 37.1 Å². The maximum absolute atomic E-state index is 13.6. The third kappa shape index (κ3) is 9.89. The monoisotopic (exact) mass is 565 g/mol. The molecule has 1 saturated carbocycles. The lowest BCUT2D eigenvalue weighted by atomic mass is 9.73. The summed E-state index contributed by atoms with van der Waals surface area (Å²) in [5, 5.41) is 16.9. The molecule has 1 aliphatic carbocycles. The van der Waals surface area contributed by atoms with Crippen LogP contribution in [0.25, 0.3) is 0 Å². The number of piperidine rings is 1. The molecule has 7 nitrogen and oxygen atoms in total. The van der Waals surface area contributed by atoms with Crippen LogP contribution < -0.4 is 10.6 Å². The van der Waals surface area contributed by atoms with Crippen LogP contribution in [0.2, 0.25) is 5.02 Å².